The van der Waals surface area contributed by atoms with Crippen LogP contribution in [0.1, 0.15) is 33.4 Å². The summed E-state index contributed by atoms with van der Waals surface area (Å²) in [7, 11) is 0. The molecular weight excluding hydrogens is 298 g/mol. The van der Waals surface area contributed by atoms with Crippen molar-refractivity contribution in [3.05, 3.63) is 47.0 Å². The summed E-state index contributed by atoms with van der Waals surface area (Å²) in [4.78, 5) is 32.9. The maximum atomic E-state index is 12.8. The van der Waals surface area contributed by atoms with Gasteiger partial charge in [-0.15, -0.1) is 0 Å². The van der Waals surface area contributed by atoms with E-state index in [1.165, 1.54) is 11.2 Å². The Hall–Kier alpha value is -2.83. The molecule has 2 aliphatic rings. The second-order valence-electron chi connectivity index (χ2n) is 5.68. The van der Waals surface area contributed by atoms with Gasteiger partial charge < -0.3 is 19.7 Å². The fraction of sp³-hybridized carbons (Fsp3) is 0.312. The predicted octanol–water partition coefficient (Wildman–Crippen LogP) is 1.17. The van der Waals surface area contributed by atoms with Gasteiger partial charge in [0.1, 0.15) is 5.75 Å². The molecular formula is C16H15N3O4. The van der Waals surface area contributed by atoms with E-state index < -0.39 is 12.0 Å². The number of hydrogen-bond donors (Lipinski definition) is 2. The monoisotopic (exact) mass is 313 g/mol. The summed E-state index contributed by atoms with van der Waals surface area (Å²) in [5.74, 6) is -0.568. The van der Waals surface area contributed by atoms with Gasteiger partial charge in [0.15, 0.2) is 6.04 Å². The van der Waals surface area contributed by atoms with Gasteiger partial charge >= 0.3 is 5.97 Å². The summed E-state index contributed by atoms with van der Waals surface area (Å²) < 4.78 is 5.44. The molecule has 2 N–H and O–H groups in total. The van der Waals surface area contributed by atoms with E-state index in [1.807, 2.05) is 0 Å². The first-order valence-corrected chi connectivity index (χ1v) is 7.47. The van der Waals surface area contributed by atoms with Crippen LogP contribution in [0.5, 0.6) is 5.75 Å². The van der Waals surface area contributed by atoms with Gasteiger partial charge in [-0.3, -0.25) is 4.79 Å². The molecule has 0 aliphatic carbocycles. The first kappa shape index (κ1) is 13.8. The molecule has 2 aliphatic heterocycles. The van der Waals surface area contributed by atoms with Gasteiger partial charge in [-0.1, -0.05) is 0 Å². The zero-order chi connectivity index (χ0) is 16.0. The van der Waals surface area contributed by atoms with Crippen LogP contribution in [0, 0.1) is 0 Å². The number of fused-ring (bicyclic) bond motifs is 2. The van der Waals surface area contributed by atoms with Gasteiger partial charge in [0.25, 0.3) is 5.91 Å². The molecule has 1 aromatic heterocycles. The summed E-state index contributed by atoms with van der Waals surface area (Å²) in [6.07, 6.45) is 2.81. The SMILES string of the molecule is O=C(O)[C@@H]1c2nc[nH]c2CCN1C(=O)c1ccc2c(c1)CCO2. The summed E-state index contributed by atoms with van der Waals surface area (Å²) in [5.41, 5.74) is 2.67. The quantitative estimate of drug-likeness (QED) is 0.867. The second-order valence-corrected chi connectivity index (χ2v) is 5.68. The van der Waals surface area contributed by atoms with Crippen molar-refractivity contribution in [2.75, 3.05) is 13.2 Å². The van der Waals surface area contributed by atoms with Crippen LogP contribution in [0.3, 0.4) is 0 Å². The molecule has 1 amide bonds. The van der Waals surface area contributed by atoms with Crippen molar-refractivity contribution in [3.63, 3.8) is 0 Å². The van der Waals surface area contributed by atoms with Gasteiger partial charge in [0.05, 0.1) is 18.6 Å². The largest absolute Gasteiger partial charge is 0.493 e. The number of rotatable bonds is 2. The van der Waals surface area contributed by atoms with Crippen LogP contribution in [-0.4, -0.2) is 45.0 Å². The zero-order valence-electron chi connectivity index (χ0n) is 12.3. The highest BCUT2D eigenvalue weighted by Gasteiger charge is 2.38. The summed E-state index contributed by atoms with van der Waals surface area (Å²) in [6, 6.07) is 4.20. The Morgan fingerprint density at radius 1 is 1.35 bits per heavy atom. The van der Waals surface area contributed by atoms with E-state index in [-0.39, 0.29) is 5.91 Å². The maximum Gasteiger partial charge on any atom is 0.332 e. The second kappa shape index (κ2) is 5.12. The number of nitrogens with zero attached hydrogens (tertiary/aromatic N) is 2. The molecule has 7 heteroatoms. The van der Waals surface area contributed by atoms with Crippen LogP contribution in [0.4, 0.5) is 0 Å². The number of carbonyl (C=O) groups excluding carboxylic acids is 1. The molecule has 3 heterocycles. The normalized spacial score (nSPS) is 19.0. The number of benzene rings is 1. The topological polar surface area (TPSA) is 95.5 Å². The number of aliphatic carboxylic acids is 1. The van der Waals surface area contributed by atoms with Crippen LogP contribution in [-0.2, 0) is 17.6 Å². The smallest absolute Gasteiger partial charge is 0.332 e. The number of carbonyl (C=O) groups is 2. The zero-order valence-corrected chi connectivity index (χ0v) is 12.3. The fourth-order valence-corrected chi connectivity index (χ4v) is 3.23. The van der Waals surface area contributed by atoms with E-state index in [0.717, 1.165) is 23.4 Å². The molecule has 7 nitrogen and oxygen atoms in total. The van der Waals surface area contributed by atoms with Gasteiger partial charge in [-0.25, -0.2) is 9.78 Å². The highest BCUT2D eigenvalue weighted by molar-refractivity contribution is 5.97. The van der Waals surface area contributed by atoms with Crippen LogP contribution in [0.15, 0.2) is 24.5 Å². The van der Waals surface area contributed by atoms with Crippen LogP contribution in [0.25, 0.3) is 0 Å². The number of ether oxygens (including phenoxy) is 1. The lowest BCUT2D eigenvalue weighted by atomic mass is 10.0. The highest BCUT2D eigenvalue weighted by atomic mass is 16.5. The molecule has 0 fully saturated rings. The standard InChI is InChI=1S/C16H15N3O4/c20-15(10-1-2-12-9(7-10)4-6-23-12)19-5-3-11-13(18-8-17-11)14(19)16(21)22/h1-2,7-8,14H,3-6H2,(H,17,18)(H,21,22)/t14-/m0/s1. The third-order valence-electron chi connectivity index (χ3n) is 4.36. The van der Waals surface area contributed by atoms with E-state index in [4.69, 9.17) is 4.74 Å². The average molecular weight is 313 g/mol. The number of amides is 1. The number of hydrogen-bond acceptors (Lipinski definition) is 4. The molecule has 0 saturated heterocycles. The number of nitrogens with one attached hydrogen (secondary N) is 1. The Morgan fingerprint density at radius 2 is 2.22 bits per heavy atom. The van der Waals surface area contributed by atoms with Crippen molar-refractivity contribution in [1.82, 2.24) is 14.9 Å². The van der Waals surface area contributed by atoms with Gasteiger partial charge in [-0.05, 0) is 23.8 Å². The molecule has 2 aromatic rings. The lowest BCUT2D eigenvalue weighted by Gasteiger charge is -2.32. The Kier molecular flexibility index (Phi) is 3.07. The number of aromatic amines is 1. The van der Waals surface area contributed by atoms with Crippen molar-refractivity contribution in [2.45, 2.75) is 18.9 Å². The minimum absolute atomic E-state index is 0.291. The lowest BCUT2D eigenvalue weighted by Crippen LogP contribution is -2.43. The molecule has 0 unspecified atom stereocenters. The molecule has 0 saturated carbocycles. The van der Waals surface area contributed by atoms with E-state index in [1.54, 1.807) is 18.2 Å². The van der Waals surface area contributed by atoms with Crippen molar-refractivity contribution in [1.29, 1.82) is 0 Å². The van der Waals surface area contributed by atoms with Crippen molar-refractivity contribution >= 4 is 11.9 Å². The molecule has 0 bridgehead atoms. The molecule has 118 valence electrons. The van der Waals surface area contributed by atoms with E-state index in [2.05, 4.69) is 9.97 Å². The van der Waals surface area contributed by atoms with Crippen molar-refractivity contribution in [3.8, 4) is 5.75 Å². The lowest BCUT2D eigenvalue weighted by molar-refractivity contribution is -0.143. The minimum Gasteiger partial charge on any atom is -0.493 e. The molecule has 0 radical (unpaired) electrons. The average Bonchev–Trinajstić information content (AvgIpc) is 3.20. The number of carboxylic acids is 1. The number of imidazole rings is 1. The Morgan fingerprint density at radius 3 is 3.04 bits per heavy atom. The van der Waals surface area contributed by atoms with Crippen molar-refractivity contribution < 1.29 is 19.4 Å². The molecule has 4 rings (SSSR count). The summed E-state index contributed by atoms with van der Waals surface area (Å²) in [6.45, 7) is 0.962. The third-order valence-corrected chi connectivity index (χ3v) is 4.36. The van der Waals surface area contributed by atoms with E-state index >= 15 is 0 Å². The Labute approximate surface area is 131 Å². The van der Waals surface area contributed by atoms with Gasteiger partial charge in [0.2, 0.25) is 0 Å². The Bertz CT molecular complexity index is 798. The predicted molar refractivity (Wildman–Crippen MR) is 79.3 cm³/mol. The van der Waals surface area contributed by atoms with Crippen molar-refractivity contribution in [2.24, 2.45) is 0 Å². The number of H-pyrrole nitrogens is 1. The Balaban J connectivity index is 1.69. The van der Waals surface area contributed by atoms with E-state index in [9.17, 15) is 14.7 Å². The maximum absolute atomic E-state index is 12.8. The molecule has 0 spiro atoms. The third kappa shape index (κ3) is 2.16. The molecule has 1 aromatic carbocycles. The van der Waals surface area contributed by atoms with Crippen LogP contribution < -0.4 is 4.74 Å². The molecule has 23 heavy (non-hydrogen) atoms. The minimum atomic E-state index is -1.07. The van der Waals surface area contributed by atoms with Crippen LogP contribution >= 0.6 is 0 Å². The van der Waals surface area contributed by atoms with Crippen LogP contribution in [0.2, 0.25) is 0 Å². The first-order valence-electron chi connectivity index (χ1n) is 7.47. The van der Waals surface area contributed by atoms with Gasteiger partial charge in [-0.2, -0.15) is 0 Å². The molecule has 1 atom stereocenters. The number of aromatic nitrogens is 2. The summed E-state index contributed by atoms with van der Waals surface area (Å²) >= 11 is 0. The fourth-order valence-electron chi connectivity index (χ4n) is 3.23. The highest BCUT2D eigenvalue weighted by Crippen LogP contribution is 2.31. The van der Waals surface area contributed by atoms with Gasteiger partial charge in [0, 0.05) is 30.6 Å². The number of carboxylic acid groups (broad SMARTS) is 1. The van der Waals surface area contributed by atoms with E-state index in [0.29, 0.717) is 30.8 Å². The first-order chi connectivity index (χ1) is 11.1. The summed E-state index contributed by atoms with van der Waals surface area (Å²) in [5, 5.41) is 9.56.